The van der Waals surface area contributed by atoms with E-state index in [1.54, 1.807) is 25.3 Å². The van der Waals surface area contributed by atoms with Crippen molar-refractivity contribution in [2.24, 2.45) is 0 Å². The molecule has 1 aliphatic heterocycles. The number of para-hydroxylation sites is 1. The normalized spacial score (nSPS) is 15.2. The Morgan fingerprint density at radius 3 is 2.76 bits per heavy atom. The summed E-state index contributed by atoms with van der Waals surface area (Å²) in [7, 11) is 1.58. The number of aromatic nitrogens is 2. The van der Waals surface area contributed by atoms with Gasteiger partial charge >= 0.3 is 0 Å². The Morgan fingerprint density at radius 1 is 1.21 bits per heavy atom. The van der Waals surface area contributed by atoms with Crippen molar-refractivity contribution in [3.05, 3.63) is 71.0 Å². The van der Waals surface area contributed by atoms with Crippen molar-refractivity contribution < 1.29 is 14.3 Å². The average Bonchev–Trinajstić information content (AvgIpc) is 3.01. The zero-order valence-corrected chi connectivity index (χ0v) is 16.8. The average molecular weight is 422 g/mol. The van der Waals surface area contributed by atoms with Crippen molar-refractivity contribution in [3.63, 3.8) is 0 Å². The van der Waals surface area contributed by atoms with Gasteiger partial charge in [0.2, 0.25) is 0 Å². The Labute approximate surface area is 175 Å². The summed E-state index contributed by atoms with van der Waals surface area (Å²) in [5, 5.41) is 2.00. The molecule has 144 valence electrons. The van der Waals surface area contributed by atoms with E-state index in [0.717, 1.165) is 22.2 Å². The number of thioether (sulfide) groups is 1. The van der Waals surface area contributed by atoms with Crippen LogP contribution in [-0.4, -0.2) is 38.2 Å². The fourth-order valence-electron chi connectivity index (χ4n) is 2.75. The molecule has 7 nitrogen and oxygen atoms in total. The number of carbonyl (C=O) groups is 2. The predicted molar refractivity (Wildman–Crippen MR) is 115 cm³/mol. The molecule has 0 aliphatic carbocycles. The number of thiocarbonyl (C=S) groups is 1. The molecule has 3 heterocycles. The third-order valence-corrected chi connectivity index (χ3v) is 5.46. The summed E-state index contributed by atoms with van der Waals surface area (Å²) >= 11 is 6.36. The number of hydrazine groups is 1. The minimum atomic E-state index is -0.446. The Kier molecular flexibility index (Phi) is 5.24. The van der Waals surface area contributed by atoms with Crippen molar-refractivity contribution in [2.45, 2.75) is 0 Å². The van der Waals surface area contributed by atoms with Crippen LogP contribution in [0.15, 0.2) is 59.8 Å². The first kappa shape index (κ1) is 19.0. The van der Waals surface area contributed by atoms with E-state index in [4.69, 9.17) is 17.0 Å². The molecule has 4 rings (SSSR count). The fraction of sp³-hybridized carbons (Fsp3) is 0.0500. The Balaban J connectivity index is 1.59. The summed E-state index contributed by atoms with van der Waals surface area (Å²) < 4.78 is 5.60. The number of hydrogen-bond acceptors (Lipinski definition) is 7. The summed E-state index contributed by atoms with van der Waals surface area (Å²) in [5.74, 6) is -0.210. The second-order valence-corrected chi connectivity index (χ2v) is 7.64. The Bertz CT molecular complexity index is 1160. The quantitative estimate of drug-likeness (QED) is 0.511. The number of amides is 2. The number of benzene rings is 1. The molecule has 29 heavy (non-hydrogen) atoms. The van der Waals surface area contributed by atoms with Crippen molar-refractivity contribution in [2.75, 3.05) is 7.11 Å². The van der Waals surface area contributed by atoms with Gasteiger partial charge in [-0.05, 0) is 42.6 Å². The van der Waals surface area contributed by atoms with Crippen LogP contribution in [0.3, 0.4) is 0 Å². The fourth-order valence-corrected chi connectivity index (χ4v) is 3.91. The van der Waals surface area contributed by atoms with Gasteiger partial charge in [0.05, 0.1) is 17.7 Å². The number of hydrogen-bond donors (Lipinski definition) is 1. The molecule has 0 radical (unpaired) electrons. The summed E-state index contributed by atoms with van der Waals surface area (Å²) in [5.41, 5.74) is 4.19. The van der Waals surface area contributed by atoms with Crippen LogP contribution < -0.4 is 10.2 Å². The van der Waals surface area contributed by atoms with E-state index < -0.39 is 11.8 Å². The van der Waals surface area contributed by atoms with Crippen molar-refractivity contribution in [1.29, 1.82) is 0 Å². The first-order valence-electron chi connectivity index (χ1n) is 8.49. The molecule has 0 unspecified atom stereocenters. The van der Waals surface area contributed by atoms with Gasteiger partial charge in [0, 0.05) is 23.3 Å². The standard InChI is InChI=1S/C20H14N4O3S2/c1-27-15-4-2-3-12-5-6-14(22-17(12)15)11-16-19(26)24(20(28)29-16)23-18(25)13-7-9-21-10-8-13/h2-11H,1H3,(H,23,25)/b16-11-. The SMILES string of the molecule is COc1cccc2ccc(/C=C3\SC(=S)N(NC(=O)c4ccncc4)C3=O)nc12. The van der Waals surface area contributed by atoms with E-state index in [1.807, 2.05) is 30.3 Å². The second-order valence-electron chi connectivity index (χ2n) is 5.96. The highest BCUT2D eigenvalue weighted by atomic mass is 32.2. The van der Waals surface area contributed by atoms with Crippen LogP contribution in [0.5, 0.6) is 5.75 Å². The van der Waals surface area contributed by atoms with Crippen LogP contribution in [0.2, 0.25) is 0 Å². The lowest BCUT2D eigenvalue weighted by molar-refractivity contribution is -0.123. The summed E-state index contributed by atoms with van der Waals surface area (Å²) in [6, 6.07) is 12.5. The third-order valence-electron chi connectivity index (χ3n) is 4.15. The molecule has 1 N–H and O–H groups in total. The van der Waals surface area contributed by atoms with Gasteiger partial charge in [-0.3, -0.25) is 20.0 Å². The van der Waals surface area contributed by atoms with Gasteiger partial charge in [-0.2, -0.15) is 5.01 Å². The van der Waals surface area contributed by atoms with Crippen molar-refractivity contribution >= 4 is 57.1 Å². The van der Waals surface area contributed by atoms with E-state index in [1.165, 1.54) is 12.4 Å². The Morgan fingerprint density at radius 2 is 2.00 bits per heavy atom. The van der Waals surface area contributed by atoms with Gasteiger partial charge in [0.25, 0.3) is 11.8 Å². The highest BCUT2D eigenvalue weighted by Gasteiger charge is 2.33. The second kappa shape index (κ2) is 7.98. The van der Waals surface area contributed by atoms with Crippen LogP contribution in [0.25, 0.3) is 17.0 Å². The first-order valence-corrected chi connectivity index (χ1v) is 9.72. The lowest BCUT2D eigenvalue weighted by Crippen LogP contribution is -2.44. The van der Waals surface area contributed by atoms with Crippen LogP contribution in [0.4, 0.5) is 0 Å². The predicted octanol–water partition coefficient (Wildman–Crippen LogP) is 3.18. The number of nitrogens with one attached hydrogen (secondary N) is 1. The number of rotatable bonds is 4. The van der Waals surface area contributed by atoms with Gasteiger partial charge in [-0.15, -0.1) is 0 Å². The molecule has 2 aromatic heterocycles. The molecule has 0 bridgehead atoms. The molecule has 1 aromatic carbocycles. The number of methoxy groups -OCH3 is 1. The van der Waals surface area contributed by atoms with Gasteiger partial charge in [-0.1, -0.05) is 30.0 Å². The van der Waals surface area contributed by atoms with Crippen LogP contribution in [-0.2, 0) is 4.79 Å². The summed E-state index contributed by atoms with van der Waals surface area (Å²) in [6.45, 7) is 0. The van der Waals surface area contributed by atoms with E-state index in [9.17, 15) is 9.59 Å². The smallest absolute Gasteiger partial charge is 0.285 e. The number of fused-ring (bicyclic) bond motifs is 1. The molecule has 0 spiro atoms. The van der Waals surface area contributed by atoms with Gasteiger partial charge in [0.15, 0.2) is 4.32 Å². The molecule has 0 atom stereocenters. The summed E-state index contributed by atoms with van der Waals surface area (Å²) in [4.78, 5) is 33.9. The highest BCUT2D eigenvalue weighted by molar-refractivity contribution is 8.26. The lowest BCUT2D eigenvalue weighted by Gasteiger charge is -2.15. The first-order chi connectivity index (χ1) is 14.1. The zero-order chi connectivity index (χ0) is 20.4. The maximum Gasteiger partial charge on any atom is 0.285 e. The molecule has 2 amide bonds. The largest absolute Gasteiger partial charge is 0.494 e. The maximum atomic E-state index is 12.7. The van der Waals surface area contributed by atoms with Gasteiger partial charge in [-0.25, -0.2) is 4.98 Å². The van der Waals surface area contributed by atoms with E-state index in [-0.39, 0.29) is 4.32 Å². The topological polar surface area (TPSA) is 84.4 Å². The maximum absolute atomic E-state index is 12.7. The Hall–Kier alpha value is -3.30. The monoisotopic (exact) mass is 422 g/mol. The molecular weight excluding hydrogens is 408 g/mol. The zero-order valence-electron chi connectivity index (χ0n) is 15.2. The van der Waals surface area contributed by atoms with E-state index >= 15 is 0 Å². The lowest BCUT2D eigenvalue weighted by atomic mass is 10.2. The van der Waals surface area contributed by atoms with Gasteiger partial charge < -0.3 is 4.74 Å². The van der Waals surface area contributed by atoms with Gasteiger partial charge in [0.1, 0.15) is 11.3 Å². The van der Waals surface area contributed by atoms with E-state index in [2.05, 4.69) is 15.4 Å². The van der Waals surface area contributed by atoms with Crippen molar-refractivity contribution in [3.8, 4) is 5.75 Å². The number of nitrogens with zero attached hydrogens (tertiary/aromatic N) is 3. The summed E-state index contributed by atoms with van der Waals surface area (Å²) in [6.07, 6.45) is 4.64. The van der Waals surface area contributed by atoms with Crippen molar-refractivity contribution in [1.82, 2.24) is 20.4 Å². The van der Waals surface area contributed by atoms with E-state index in [0.29, 0.717) is 27.4 Å². The molecule has 1 aliphatic rings. The molecule has 3 aromatic rings. The minimum Gasteiger partial charge on any atom is -0.494 e. The molecule has 1 saturated heterocycles. The number of carbonyl (C=O) groups excluding carboxylic acids is 2. The highest BCUT2D eigenvalue weighted by Crippen LogP contribution is 2.32. The van der Waals surface area contributed by atoms with Crippen LogP contribution >= 0.6 is 24.0 Å². The molecule has 0 saturated carbocycles. The van der Waals surface area contributed by atoms with Crippen LogP contribution in [0, 0.1) is 0 Å². The number of pyridine rings is 2. The van der Waals surface area contributed by atoms with Crippen LogP contribution in [0.1, 0.15) is 16.1 Å². The molecule has 9 heteroatoms. The molecular formula is C20H14N4O3S2. The minimum absolute atomic E-state index is 0.238. The molecule has 1 fully saturated rings. The third kappa shape index (κ3) is 3.82. The number of ether oxygens (including phenoxy) is 1.